The average molecular weight is 452 g/mol. The minimum atomic E-state index is -0.991. The van der Waals surface area contributed by atoms with Crippen LogP contribution in [-0.4, -0.2) is 59.0 Å². The van der Waals surface area contributed by atoms with E-state index in [2.05, 4.69) is 17.6 Å². The molecule has 2 atom stereocenters. The normalized spacial score (nSPS) is 17.3. The smallest absolute Gasteiger partial charge is 0.331 e. The van der Waals surface area contributed by atoms with Crippen molar-refractivity contribution in [1.29, 1.82) is 0 Å². The summed E-state index contributed by atoms with van der Waals surface area (Å²) in [6, 6.07) is -0.963. The number of nitrogens with one attached hydrogen (secondary N) is 2. The number of amides is 2. The monoisotopic (exact) mass is 451 g/mol. The van der Waals surface area contributed by atoms with E-state index >= 15 is 0 Å². The molecule has 0 radical (unpaired) electrons. The number of aliphatic carboxylic acids is 1. The zero-order valence-corrected chi connectivity index (χ0v) is 21.2. The fourth-order valence-corrected chi connectivity index (χ4v) is 4.66. The molecule has 1 aliphatic carbocycles. The van der Waals surface area contributed by atoms with Gasteiger partial charge in [0.15, 0.2) is 0 Å². The summed E-state index contributed by atoms with van der Waals surface area (Å²) in [6.07, 6.45) is 7.79. The molecule has 32 heavy (non-hydrogen) atoms. The molecule has 0 aromatic carbocycles. The van der Waals surface area contributed by atoms with Crippen LogP contribution in [0.4, 0.5) is 0 Å². The maximum Gasteiger partial charge on any atom is 0.331 e. The molecule has 184 valence electrons. The number of carboxylic acid groups (broad SMARTS) is 1. The van der Waals surface area contributed by atoms with Gasteiger partial charge in [0.25, 0.3) is 0 Å². The second-order valence-electron chi connectivity index (χ2n) is 9.55. The van der Waals surface area contributed by atoms with Crippen molar-refractivity contribution >= 4 is 17.8 Å². The molecule has 0 bridgehead atoms. The van der Waals surface area contributed by atoms with Gasteiger partial charge in [0, 0.05) is 12.6 Å². The van der Waals surface area contributed by atoms with Crippen LogP contribution in [0.1, 0.15) is 86.5 Å². The minimum Gasteiger partial charge on any atom is -0.478 e. The van der Waals surface area contributed by atoms with E-state index in [0.717, 1.165) is 38.6 Å². The van der Waals surface area contributed by atoms with Gasteiger partial charge in [-0.05, 0) is 57.4 Å². The molecule has 0 aromatic rings. The van der Waals surface area contributed by atoms with Gasteiger partial charge in [-0.3, -0.25) is 9.59 Å². The fraction of sp³-hybridized carbons (Fsp3) is 0.800. The van der Waals surface area contributed by atoms with Crippen molar-refractivity contribution in [1.82, 2.24) is 15.5 Å². The van der Waals surface area contributed by atoms with Crippen LogP contribution < -0.4 is 10.6 Å². The highest BCUT2D eigenvalue weighted by Gasteiger charge is 2.41. The van der Waals surface area contributed by atoms with Gasteiger partial charge in [-0.2, -0.15) is 0 Å². The number of carbonyl (C=O) groups is 3. The number of likely N-dealkylation sites (N-methyl/N-ethyl adjacent to an activating group) is 1. The van der Waals surface area contributed by atoms with Crippen LogP contribution in [0.2, 0.25) is 0 Å². The van der Waals surface area contributed by atoms with Crippen molar-refractivity contribution in [3.05, 3.63) is 11.6 Å². The van der Waals surface area contributed by atoms with E-state index in [-0.39, 0.29) is 35.3 Å². The molecule has 7 heteroatoms. The third-order valence-corrected chi connectivity index (χ3v) is 7.02. The van der Waals surface area contributed by atoms with Crippen molar-refractivity contribution in [2.75, 3.05) is 13.6 Å². The molecule has 0 heterocycles. The number of hydrogen-bond donors (Lipinski definition) is 3. The Morgan fingerprint density at radius 1 is 1.12 bits per heavy atom. The van der Waals surface area contributed by atoms with E-state index in [1.165, 1.54) is 0 Å². The molecule has 7 nitrogen and oxygen atoms in total. The van der Waals surface area contributed by atoms with Crippen LogP contribution in [0, 0.1) is 11.8 Å². The molecular weight excluding hydrogens is 406 g/mol. The maximum absolute atomic E-state index is 13.7. The largest absolute Gasteiger partial charge is 0.478 e. The van der Waals surface area contributed by atoms with Gasteiger partial charge in [-0.1, -0.05) is 53.5 Å². The molecule has 3 N–H and O–H groups in total. The lowest BCUT2D eigenvalue weighted by atomic mass is 9.89. The van der Waals surface area contributed by atoms with Crippen molar-refractivity contribution in [3.63, 3.8) is 0 Å². The number of rotatable bonds is 13. The topological polar surface area (TPSA) is 98.7 Å². The summed E-state index contributed by atoms with van der Waals surface area (Å²) in [5, 5.41) is 15.9. The molecule has 1 rings (SSSR count). The first-order chi connectivity index (χ1) is 15.0. The van der Waals surface area contributed by atoms with E-state index in [4.69, 9.17) is 0 Å². The molecule has 2 amide bonds. The van der Waals surface area contributed by atoms with E-state index in [0.29, 0.717) is 12.8 Å². The van der Waals surface area contributed by atoms with Crippen LogP contribution in [0.15, 0.2) is 11.6 Å². The van der Waals surface area contributed by atoms with Crippen LogP contribution in [0.25, 0.3) is 0 Å². The highest BCUT2D eigenvalue weighted by molar-refractivity contribution is 5.92. The summed E-state index contributed by atoms with van der Waals surface area (Å²) in [4.78, 5) is 40.1. The summed E-state index contributed by atoms with van der Waals surface area (Å²) >= 11 is 0. The molecular formula is C25H45N3O4. The van der Waals surface area contributed by atoms with Crippen LogP contribution >= 0.6 is 0 Å². The highest BCUT2D eigenvalue weighted by Crippen LogP contribution is 2.30. The number of nitrogens with zero attached hydrogens (tertiary/aromatic N) is 1. The number of carboxylic acids is 1. The molecule has 0 saturated heterocycles. The zero-order valence-electron chi connectivity index (χ0n) is 21.2. The molecule has 1 aliphatic rings. The van der Waals surface area contributed by atoms with E-state index < -0.39 is 17.6 Å². The Kier molecular flexibility index (Phi) is 11.4. The quantitative estimate of drug-likeness (QED) is 0.371. The van der Waals surface area contributed by atoms with Gasteiger partial charge in [0.1, 0.15) is 6.04 Å². The standard InChI is InChI=1S/C25H45N3O4/c1-8-15-26-25(9-2,10-3)24(32)27-21(19-13-11-12-14-19)22(29)28(7)20(17(4)5)16-18(6)23(30)31/h16-17,19-21,26H,8-15H2,1-7H3,(H,27,32)(H,30,31)/b18-16+/t20-,21+/m1/s1. The number of carbonyl (C=O) groups excluding carboxylic acids is 2. The Morgan fingerprint density at radius 3 is 2.12 bits per heavy atom. The summed E-state index contributed by atoms with van der Waals surface area (Å²) < 4.78 is 0. The van der Waals surface area contributed by atoms with Gasteiger partial charge in [0.2, 0.25) is 11.8 Å². The maximum atomic E-state index is 13.7. The fourth-order valence-electron chi connectivity index (χ4n) is 4.66. The molecule has 1 saturated carbocycles. The van der Waals surface area contributed by atoms with Crippen molar-refractivity contribution in [3.8, 4) is 0 Å². The van der Waals surface area contributed by atoms with Gasteiger partial charge in [-0.25, -0.2) is 4.79 Å². The van der Waals surface area contributed by atoms with Crippen LogP contribution in [-0.2, 0) is 14.4 Å². The van der Waals surface area contributed by atoms with E-state index in [9.17, 15) is 19.5 Å². The second kappa shape index (κ2) is 13.0. The van der Waals surface area contributed by atoms with Gasteiger partial charge in [-0.15, -0.1) is 0 Å². The van der Waals surface area contributed by atoms with Crippen LogP contribution in [0.5, 0.6) is 0 Å². The SMILES string of the molecule is CCCNC(CC)(CC)C(=O)N[C@H](C(=O)N(C)[C@H](/C=C(\C)C(=O)O)C(C)C)C1CCCC1. The average Bonchev–Trinajstić information content (AvgIpc) is 3.30. The Balaban J connectivity index is 3.22. The van der Waals surface area contributed by atoms with Crippen molar-refractivity contribution in [2.45, 2.75) is 104 Å². The minimum absolute atomic E-state index is 0.0368. The van der Waals surface area contributed by atoms with Gasteiger partial charge < -0.3 is 20.6 Å². The van der Waals surface area contributed by atoms with Crippen LogP contribution in [0.3, 0.4) is 0 Å². The van der Waals surface area contributed by atoms with Gasteiger partial charge >= 0.3 is 5.97 Å². The Labute approximate surface area is 194 Å². The molecule has 0 spiro atoms. The molecule has 0 aromatic heterocycles. The predicted octanol–water partition coefficient (Wildman–Crippen LogP) is 3.73. The third kappa shape index (κ3) is 7.06. The highest BCUT2D eigenvalue weighted by atomic mass is 16.4. The predicted molar refractivity (Wildman–Crippen MR) is 128 cm³/mol. The lowest BCUT2D eigenvalue weighted by molar-refractivity contribution is -0.140. The summed E-state index contributed by atoms with van der Waals surface area (Å²) in [5.74, 6) is -1.11. The van der Waals surface area contributed by atoms with Crippen molar-refractivity contribution < 1.29 is 19.5 Å². The Hall–Kier alpha value is -1.89. The molecule has 0 unspecified atom stereocenters. The Morgan fingerprint density at radius 2 is 1.69 bits per heavy atom. The first-order valence-electron chi connectivity index (χ1n) is 12.3. The lowest BCUT2D eigenvalue weighted by Gasteiger charge is -2.37. The second-order valence-corrected chi connectivity index (χ2v) is 9.55. The summed E-state index contributed by atoms with van der Waals surface area (Å²) in [7, 11) is 1.72. The van der Waals surface area contributed by atoms with E-state index in [1.807, 2.05) is 27.7 Å². The Bertz CT molecular complexity index is 664. The molecule has 1 fully saturated rings. The molecule has 0 aliphatic heterocycles. The first kappa shape index (κ1) is 28.1. The zero-order chi connectivity index (χ0) is 24.5. The number of hydrogen-bond acceptors (Lipinski definition) is 4. The first-order valence-corrected chi connectivity index (χ1v) is 12.3. The summed E-state index contributed by atoms with van der Waals surface area (Å²) in [6.45, 7) is 12.3. The van der Waals surface area contributed by atoms with Crippen molar-refractivity contribution in [2.24, 2.45) is 11.8 Å². The van der Waals surface area contributed by atoms with E-state index in [1.54, 1.807) is 24.9 Å². The third-order valence-electron chi connectivity index (χ3n) is 7.02. The van der Waals surface area contributed by atoms with Gasteiger partial charge in [0.05, 0.1) is 11.6 Å². The summed E-state index contributed by atoms with van der Waals surface area (Å²) in [5.41, 5.74) is -0.479. The lowest BCUT2D eigenvalue weighted by Crippen LogP contribution is -2.62.